The van der Waals surface area contributed by atoms with Crippen molar-refractivity contribution in [2.75, 3.05) is 0 Å². The normalized spacial score (nSPS) is 12.6. The Balaban J connectivity index is 1.90. The van der Waals surface area contributed by atoms with E-state index in [-0.39, 0.29) is 16.9 Å². The molecule has 1 aromatic heterocycles. The molecule has 1 unspecified atom stereocenters. The second kappa shape index (κ2) is 6.32. The van der Waals surface area contributed by atoms with Crippen molar-refractivity contribution in [2.24, 2.45) is 5.73 Å². The lowest BCUT2D eigenvalue weighted by Gasteiger charge is -2.12. The van der Waals surface area contributed by atoms with E-state index in [2.05, 4.69) is 11.4 Å². The lowest BCUT2D eigenvalue weighted by Crippen LogP contribution is -2.24. The Morgan fingerprint density at radius 3 is 2.83 bits per heavy atom. The summed E-state index contributed by atoms with van der Waals surface area (Å²) in [6, 6.07) is 9.14. The minimum absolute atomic E-state index is 0.0416. The van der Waals surface area contributed by atoms with E-state index in [1.807, 2.05) is 6.07 Å². The van der Waals surface area contributed by atoms with E-state index in [0.29, 0.717) is 12.0 Å². The molecule has 0 spiro atoms. The van der Waals surface area contributed by atoms with Crippen molar-refractivity contribution in [1.82, 2.24) is 0 Å². The largest absolute Gasteiger partial charge is 0.327 e. The fourth-order valence-electron chi connectivity index (χ4n) is 1.87. The summed E-state index contributed by atoms with van der Waals surface area (Å²) in [5, 5.41) is 2.22. The first kappa shape index (κ1) is 13.5. The Bertz CT molecular complexity index is 499. The van der Waals surface area contributed by atoms with Gasteiger partial charge in [0.1, 0.15) is 5.82 Å². The molecule has 1 aromatic carbocycles. The first-order valence-electron chi connectivity index (χ1n) is 5.87. The molecule has 0 radical (unpaired) electrons. The van der Waals surface area contributed by atoms with Gasteiger partial charge in [-0.05, 0) is 42.3 Å². The molecule has 1 nitrogen and oxygen atoms in total. The van der Waals surface area contributed by atoms with Crippen molar-refractivity contribution in [1.29, 1.82) is 0 Å². The van der Waals surface area contributed by atoms with Crippen LogP contribution in [0.25, 0.3) is 0 Å². The van der Waals surface area contributed by atoms with Crippen molar-refractivity contribution in [2.45, 2.75) is 25.3 Å². The maximum atomic E-state index is 13.7. The van der Waals surface area contributed by atoms with E-state index in [4.69, 9.17) is 17.3 Å². The minimum atomic E-state index is -0.342. The van der Waals surface area contributed by atoms with E-state index >= 15 is 0 Å². The van der Waals surface area contributed by atoms with Crippen LogP contribution in [0.3, 0.4) is 0 Å². The molecule has 2 N–H and O–H groups in total. The first-order valence-corrected chi connectivity index (χ1v) is 7.13. The number of aryl methyl sites for hydroxylation is 1. The van der Waals surface area contributed by atoms with Gasteiger partial charge >= 0.3 is 0 Å². The first-order chi connectivity index (χ1) is 8.66. The Morgan fingerprint density at radius 2 is 2.11 bits per heavy atom. The summed E-state index contributed by atoms with van der Waals surface area (Å²) in [4.78, 5) is 1.32. The van der Waals surface area contributed by atoms with Gasteiger partial charge in [-0.1, -0.05) is 29.8 Å². The molecule has 1 heterocycles. The van der Waals surface area contributed by atoms with Crippen molar-refractivity contribution in [3.05, 3.63) is 57.0 Å². The Kier molecular flexibility index (Phi) is 4.75. The second-order valence-electron chi connectivity index (χ2n) is 4.30. The van der Waals surface area contributed by atoms with Crippen LogP contribution in [0.4, 0.5) is 4.39 Å². The van der Waals surface area contributed by atoms with Gasteiger partial charge in [-0.3, -0.25) is 0 Å². The summed E-state index contributed by atoms with van der Waals surface area (Å²) >= 11 is 7.47. The molecule has 0 aliphatic carbocycles. The van der Waals surface area contributed by atoms with E-state index in [1.54, 1.807) is 29.5 Å². The Morgan fingerprint density at radius 1 is 1.28 bits per heavy atom. The summed E-state index contributed by atoms with van der Waals surface area (Å²) in [5.41, 5.74) is 6.63. The zero-order valence-corrected chi connectivity index (χ0v) is 11.5. The highest BCUT2D eigenvalue weighted by Crippen LogP contribution is 2.20. The molecule has 0 saturated heterocycles. The van der Waals surface area contributed by atoms with Crippen LogP contribution < -0.4 is 5.73 Å². The summed E-state index contributed by atoms with van der Waals surface area (Å²) in [6.45, 7) is 0. The highest BCUT2D eigenvalue weighted by Gasteiger charge is 2.11. The average molecular weight is 284 g/mol. The SMILES string of the molecule is NC(CCc1cccs1)Cc1cccc(Cl)c1F. The highest BCUT2D eigenvalue weighted by molar-refractivity contribution is 7.09. The molecule has 18 heavy (non-hydrogen) atoms. The third kappa shape index (κ3) is 3.55. The van der Waals surface area contributed by atoms with Crippen LogP contribution in [0.15, 0.2) is 35.7 Å². The molecule has 1 atom stereocenters. The Labute approximate surface area is 115 Å². The van der Waals surface area contributed by atoms with Gasteiger partial charge in [0.15, 0.2) is 0 Å². The third-order valence-corrected chi connectivity index (χ3v) is 4.08. The molecule has 4 heteroatoms. The molecule has 0 aliphatic rings. The fourth-order valence-corrected chi connectivity index (χ4v) is 2.79. The van der Waals surface area contributed by atoms with Gasteiger partial charge in [0.25, 0.3) is 0 Å². The molecule has 0 bridgehead atoms. The molecule has 2 rings (SSSR count). The number of nitrogens with two attached hydrogens (primary N) is 1. The number of halogens is 2. The number of rotatable bonds is 5. The standard InChI is InChI=1S/C14H15ClFNS/c15-13-5-1-3-10(14(13)16)9-11(17)6-7-12-4-2-8-18-12/h1-5,8,11H,6-7,9,17H2. The van der Waals surface area contributed by atoms with Crippen molar-refractivity contribution >= 4 is 22.9 Å². The average Bonchev–Trinajstić information content (AvgIpc) is 2.86. The molecule has 0 amide bonds. The molecule has 2 aromatic rings. The van der Waals surface area contributed by atoms with E-state index in [1.165, 1.54) is 4.88 Å². The summed E-state index contributed by atoms with van der Waals surface area (Å²) < 4.78 is 13.7. The maximum absolute atomic E-state index is 13.7. The number of thiophene rings is 1. The van der Waals surface area contributed by atoms with Crippen molar-refractivity contribution in [3.63, 3.8) is 0 Å². The molecule has 0 saturated carbocycles. The lowest BCUT2D eigenvalue weighted by atomic mass is 10.0. The number of hydrogen-bond acceptors (Lipinski definition) is 2. The smallest absolute Gasteiger partial charge is 0.145 e. The van der Waals surface area contributed by atoms with Gasteiger partial charge < -0.3 is 5.73 Å². The van der Waals surface area contributed by atoms with Gasteiger partial charge in [-0.25, -0.2) is 4.39 Å². The van der Waals surface area contributed by atoms with Crippen LogP contribution in [0, 0.1) is 5.82 Å². The van der Waals surface area contributed by atoms with E-state index < -0.39 is 0 Å². The topological polar surface area (TPSA) is 26.0 Å². The third-order valence-electron chi connectivity index (χ3n) is 2.86. The van der Waals surface area contributed by atoms with Crippen LogP contribution in [0.2, 0.25) is 5.02 Å². The molecular weight excluding hydrogens is 269 g/mol. The number of hydrogen-bond donors (Lipinski definition) is 1. The van der Waals surface area contributed by atoms with Crippen LogP contribution >= 0.6 is 22.9 Å². The van der Waals surface area contributed by atoms with Crippen LogP contribution in [-0.2, 0) is 12.8 Å². The van der Waals surface area contributed by atoms with Crippen LogP contribution in [0.5, 0.6) is 0 Å². The second-order valence-corrected chi connectivity index (χ2v) is 5.73. The zero-order valence-electron chi connectivity index (χ0n) is 9.90. The monoisotopic (exact) mass is 283 g/mol. The zero-order chi connectivity index (χ0) is 13.0. The van der Waals surface area contributed by atoms with Gasteiger partial charge in [-0.15, -0.1) is 11.3 Å². The highest BCUT2D eigenvalue weighted by atomic mass is 35.5. The van der Waals surface area contributed by atoms with Gasteiger partial charge in [0, 0.05) is 10.9 Å². The summed E-state index contributed by atoms with van der Waals surface area (Å²) in [5.74, 6) is -0.342. The van der Waals surface area contributed by atoms with Crippen molar-refractivity contribution < 1.29 is 4.39 Å². The summed E-state index contributed by atoms with van der Waals surface area (Å²) in [6.07, 6.45) is 2.32. The van der Waals surface area contributed by atoms with E-state index in [9.17, 15) is 4.39 Å². The predicted octanol–water partition coefficient (Wildman–Crippen LogP) is 4.04. The van der Waals surface area contributed by atoms with Crippen LogP contribution in [0.1, 0.15) is 16.9 Å². The molecular formula is C14H15ClFNS. The van der Waals surface area contributed by atoms with Crippen LogP contribution in [-0.4, -0.2) is 6.04 Å². The van der Waals surface area contributed by atoms with E-state index in [0.717, 1.165) is 12.8 Å². The number of benzene rings is 1. The fraction of sp³-hybridized carbons (Fsp3) is 0.286. The minimum Gasteiger partial charge on any atom is -0.327 e. The maximum Gasteiger partial charge on any atom is 0.145 e. The lowest BCUT2D eigenvalue weighted by molar-refractivity contribution is 0.567. The predicted molar refractivity (Wildman–Crippen MR) is 75.7 cm³/mol. The van der Waals surface area contributed by atoms with Crippen molar-refractivity contribution in [3.8, 4) is 0 Å². The molecule has 0 aliphatic heterocycles. The summed E-state index contributed by atoms with van der Waals surface area (Å²) in [7, 11) is 0. The Hall–Kier alpha value is -0.900. The molecule has 96 valence electrons. The van der Waals surface area contributed by atoms with Gasteiger partial charge in [-0.2, -0.15) is 0 Å². The van der Waals surface area contributed by atoms with Gasteiger partial charge in [0.2, 0.25) is 0 Å². The van der Waals surface area contributed by atoms with Gasteiger partial charge in [0.05, 0.1) is 5.02 Å². The molecule has 0 fully saturated rings. The quantitative estimate of drug-likeness (QED) is 0.880.